The van der Waals surface area contributed by atoms with Crippen molar-refractivity contribution in [1.29, 1.82) is 0 Å². The fourth-order valence-electron chi connectivity index (χ4n) is 4.26. The third kappa shape index (κ3) is 2.56. The zero-order valence-corrected chi connectivity index (χ0v) is 12.9. The van der Waals surface area contributed by atoms with E-state index in [1.54, 1.807) is 11.1 Å². The van der Waals surface area contributed by atoms with Gasteiger partial charge in [0.2, 0.25) is 0 Å². The molecule has 0 heterocycles. The van der Waals surface area contributed by atoms with Gasteiger partial charge >= 0.3 is 0 Å². The molecule has 20 heavy (non-hydrogen) atoms. The highest BCUT2D eigenvalue weighted by atomic mass is 14.9. The van der Waals surface area contributed by atoms with Crippen LogP contribution in [0.4, 0.5) is 0 Å². The Hall–Kier alpha value is -1.08. The summed E-state index contributed by atoms with van der Waals surface area (Å²) in [4.78, 5) is 0. The molecular formula is C19H27N. The molecule has 1 aromatic carbocycles. The fraction of sp³-hybridized carbons (Fsp3) is 0.579. The Morgan fingerprint density at radius 2 is 2.20 bits per heavy atom. The smallest absolute Gasteiger partial charge is 0.0107 e. The highest BCUT2D eigenvalue weighted by Crippen LogP contribution is 2.61. The minimum atomic E-state index is 0.679. The average molecular weight is 269 g/mol. The largest absolute Gasteiger partial charge is 0.314 e. The molecule has 1 heteroatoms. The molecule has 0 aromatic heterocycles. The second kappa shape index (κ2) is 5.73. The highest BCUT2D eigenvalue weighted by Gasteiger charge is 2.55. The normalized spacial score (nSPS) is 28.4. The molecule has 1 N–H and O–H groups in total. The summed E-state index contributed by atoms with van der Waals surface area (Å²) in [6, 6.07) is 9.79. The number of hydrogen-bond donors (Lipinski definition) is 1. The van der Waals surface area contributed by atoms with Gasteiger partial charge < -0.3 is 5.32 Å². The molecule has 3 rings (SSSR count). The van der Waals surface area contributed by atoms with Gasteiger partial charge in [-0.3, -0.25) is 0 Å². The van der Waals surface area contributed by atoms with Crippen LogP contribution in [0.25, 0.3) is 0 Å². The molecule has 2 aliphatic carbocycles. The van der Waals surface area contributed by atoms with Crippen molar-refractivity contribution in [2.45, 2.75) is 51.5 Å². The van der Waals surface area contributed by atoms with Crippen molar-refractivity contribution in [2.75, 3.05) is 6.54 Å². The number of rotatable bonds is 6. The lowest BCUT2D eigenvalue weighted by molar-refractivity contribution is 0.419. The summed E-state index contributed by atoms with van der Waals surface area (Å²) in [5.74, 6) is 2.62. The molecule has 0 amide bonds. The van der Waals surface area contributed by atoms with Gasteiger partial charge in [0.1, 0.15) is 0 Å². The van der Waals surface area contributed by atoms with Crippen molar-refractivity contribution in [3.63, 3.8) is 0 Å². The van der Waals surface area contributed by atoms with Gasteiger partial charge in [0.05, 0.1) is 0 Å². The molecule has 0 aliphatic heterocycles. The van der Waals surface area contributed by atoms with Crippen LogP contribution in [-0.4, -0.2) is 12.6 Å². The van der Waals surface area contributed by atoms with Crippen molar-refractivity contribution in [3.05, 3.63) is 47.5 Å². The van der Waals surface area contributed by atoms with Crippen LogP contribution in [0.3, 0.4) is 0 Å². The van der Waals surface area contributed by atoms with Crippen molar-refractivity contribution < 1.29 is 0 Å². The second-order valence-electron chi connectivity index (χ2n) is 6.66. The molecular weight excluding hydrogens is 242 g/mol. The maximum Gasteiger partial charge on any atom is 0.0107 e. The van der Waals surface area contributed by atoms with Gasteiger partial charge in [0, 0.05) is 6.04 Å². The van der Waals surface area contributed by atoms with Crippen LogP contribution < -0.4 is 5.32 Å². The van der Waals surface area contributed by atoms with Crippen LogP contribution in [0.2, 0.25) is 0 Å². The van der Waals surface area contributed by atoms with E-state index in [4.69, 9.17) is 0 Å². The minimum absolute atomic E-state index is 0.679. The monoisotopic (exact) mass is 269 g/mol. The first-order chi connectivity index (χ1) is 9.72. The zero-order chi connectivity index (χ0) is 14.1. The van der Waals surface area contributed by atoms with E-state index in [1.807, 2.05) is 0 Å². The summed E-state index contributed by atoms with van der Waals surface area (Å²) in [5, 5.41) is 3.75. The van der Waals surface area contributed by atoms with Gasteiger partial charge in [-0.05, 0) is 68.0 Å². The Kier molecular flexibility index (Phi) is 3.98. The number of aryl methyl sites for hydroxylation is 1. The Morgan fingerprint density at radius 3 is 2.95 bits per heavy atom. The van der Waals surface area contributed by atoms with Crippen LogP contribution in [0.5, 0.6) is 0 Å². The van der Waals surface area contributed by atoms with E-state index in [1.165, 1.54) is 24.8 Å². The Morgan fingerprint density at radius 1 is 1.40 bits per heavy atom. The Labute approximate surface area is 123 Å². The molecule has 1 nitrogen and oxygen atoms in total. The molecule has 1 fully saturated rings. The van der Waals surface area contributed by atoms with Gasteiger partial charge in [-0.1, -0.05) is 36.8 Å². The molecule has 1 aromatic rings. The first kappa shape index (κ1) is 13.9. The molecule has 4 atom stereocenters. The van der Waals surface area contributed by atoms with Crippen molar-refractivity contribution in [3.8, 4) is 0 Å². The topological polar surface area (TPSA) is 12.0 Å². The van der Waals surface area contributed by atoms with E-state index < -0.39 is 0 Å². The Bertz CT molecular complexity index is 490. The molecule has 0 bridgehead atoms. The summed E-state index contributed by atoms with van der Waals surface area (Å²) in [6.07, 6.45) is 5.09. The molecule has 4 unspecified atom stereocenters. The lowest BCUT2D eigenvalue weighted by Gasteiger charge is -2.18. The number of hydrogen-bond acceptors (Lipinski definition) is 1. The highest BCUT2D eigenvalue weighted by molar-refractivity contribution is 5.40. The number of benzene rings is 1. The quantitative estimate of drug-likeness (QED) is 0.759. The third-order valence-electron chi connectivity index (χ3n) is 5.20. The van der Waals surface area contributed by atoms with Crippen molar-refractivity contribution >= 4 is 0 Å². The van der Waals surface area contributed by atoms with Gasteiger partial charge in [-0.2, -0.15) is 0 Å². The van der Waals surface area contributed by atoms with Crippen LogP contribution in [0.1, 0.15) is 50.2 Å². The summed E-state index contributed by atoms with van der Waals surface area (Å²) < 4.78 is 0. The molecule has 2 aliphatic rings. The summed E-state index contributed by atoms with van der Waals surface area (Å²) in [5.41, 5.74) is 4.57. The number of allylic oxidation sites excluding steroid dienone is 1. The maximum atomic E-state index is 4.07. The van der Waals surface area contributed by atoms with Crippen LogP contribution in [-0.2, 0) is 6.42 Å². The van der Waals surface area contributed by atoms with Gasteiger partial charge in [0.15, 0.2) is 0 Å². The lowest BCUT2D eigenvalue weighted by atomic mass is 9.92. The fourth-order valence-corrected chi connectivity index (χ4v) is 4.26. The third-order valence-corrected chi connectivity index (χ3v) is 5.20. The van der Waals surface area contributed by atoms with Gasteiger partial charge in [-0.25, -0.2) is 0 Å². The lowest BCUT2D eigenvalue weighted by Crippen LogP contribution is -2.32. The average Bonchev–Trinajstić information content (AvgIpc) is 3.18. The van der Waals surface area contributed by atoms with E-state index in [-0.39, 0.29) is 0 Å². The number of fused-ring (bicyclic) bond motifs is 3. The van der Waals surface area contributed by atoms with Crippen LogP contribution in [0, 0.1) is 11.8 Å². The van der Waals surface area contributed by atoms with Gasteiger partial charge in [0.25, 0.3) is 0 Å². The summed E-state index contributed by atoms with van der Waals surface area (Å²) in [7, 11) is 0. The molecule has 108 valence electrons. The predicted octanol–water partition coefficient (Wildman–Crippen LogP) is 4.30. The predicted molar refractivity (Wildman–Crippen MR) is 86.0 cm³/mol. The van der Waals surface area contributed by atoms with E-state index in [0.29, 0.717) is 6.04 Å². The molecule has 1 saturated carbocycles. The molecule has 0 radical (unpaired) electrons. The van der Waals surface area contributed by atoms with Crippen LogP contribution in [0.15, 0.2) is 36.4 Å². The summed E-state index contributed by atoms with van der Waals surface area (Å²) in [6.45, 7) is 9.53. The zero-order valence-electron chi connectivity index (χ0n) is 12.9. The maximum absolute atomic E-state index is 4.07. The number of nitrogens with one attached hydrogen (secondary N) is 1. The molecule has 0 saturated heterocycles. The van der Waals surface area contributed by atoms with E-state index in [2.05, 4.69) is 50.0 Å². The Balaban J connectivity index is 1.73. The minimum Gasteiger partial charge on any atom is -0.314 e. The molecule has 0 spiro atoms. The first-order valence-corrected chi connectivity index (χ1v) is 8.18. The van der Waals surface area contributed by atoms with E-state index in [0.717, 1.165) is 30.7 Å². The van der Waals surface area contributed by atoms with Crippen molar-refractivity contribution in [2.24, 2.45) is 11.8 Å². The standard InChI is InChI=1S/C19H27N/c1-4-20-17(12-9-13(2)3)19-16-11-10-14-7-5-6-8-15(14)18(16)19/h5-8,16-20H,2,4,9-12H2,1,3H3. The van der Waals surface area contributed by atoms with E-state index >= 15 is 0 Å². The SMILES string of the molecule is C=C(C)CCC(NCC)C1C2CCc3ccccc3C21. The van der Waals surface area contributed by atoms with Crippen molar-refractivity contribution in [1.82, 2.24) is 5.32 Å². The van der Waals surface area contributed by atoms with E-state index in [9.17, 15) is 0 Å². The second-order valence-corrected chi connectivity index (χ2v) is 6.66. The first-order valence-electron chi connectivity index (χ1n) is 8.18. The van der Waals surface area contributed by atoms with Gasteiger partial charge in [-0.15, -0.1) is 6.58 Å². The van der Waals surface area contributed by atoms with Crippen LogP contribution >= 0.6 is 0 Å². The summed E-state index contributed by atoms with van der Waals surface area (Å²) >= 11 is 0.